The van der Waals surface area contributed by atoms with E-state index in [0.717, 1.165) is 18.7 Å². The Bertz CT molecular complexity index is 296. The summed E-state index contributed by atoms with van der Waals surface area (Å²) in [4.78, 5) is 7.94. The van der Waals surface area contributed by atoms with Crippen molar-refractivity contribution in [1.82, 2.24) is 9.97 Å². The van der Waals surface area contributed by atoms with Crippen LogP contribution >= 0.6 is 0 Å². The van der Waals surface area contributed by atoms with Gasteiger partial charge in [0.15, 0.2) is 0 Å². The summed E-state index contributed by atoms with van der Waals surface area (Å²) in [6, 6.07) is 1.83. The lowest BCUT2D eigenvalue weighted by atomic mass is 9.99. The zero-order valence-corrected chi connectivity index (χ0v) is 9.04. The average Bonchev–Trinajstić information content (AvgIpc) is 2.02. The molecule has 0 aromatic carbocycles. The van der Waals surface area contributed by atoms with Gasteiger partial charge in [0.25, 0.3) is 0 Å². The largest absolute Gasteiger partial charge is 0.368 e. The van der Waals surface area contributed by atoms with Gasteiger partial charge in [0, 0.05) is 11.7 Å². The molecule has 0 fully saturated rings. The molecular weight excluding hydrogens is 176 g/mol. The molecule has 0 saturated heterocycles. The molecule has 78 valence electrons. The van der Waals surface area contributed by atoms with E-state index in [4.69, 9.17) is 5.73 Å². The monoisotopic (exact) mass is 194 g/mol. The Labute approximate surface area is 85.0 Å². The summed E-state index contributed by atoms with van der Waals surface area (Å²) in [6.45, 7) is 6.46. The van der Waals surface area contributed by atoms with Crippen molar-refractivity contribution in [3.05, 3.63) is 12.3 Å². The predicted octanol–water partition coefficient (Wildman–Crippen LogP) is 2.05. The summed E-state index contributed by atoms with van der Waals surface area (Å²) in [5.41, 5.74) is 5.54. The molecule has 1 aromatic heterocycles. The fourth-order valence-electron chi connectivity index (χ4n) is 1.48. The molecule has 0 saturated carbocycles. The van der Waals surface area contributed by atoms with Crippen LogP contribution in [-0.2, 0) is 0 Å². The van der Waals surface area contributed by atoms with Crippen LogP contribution in [0.1, 0.15) is 33.6 Å². The van der Waals surface area contributed by atoms with Crippen LogP contribution in [0.5, 0.6) is 0 Å². The number of nitrogen functional groups attached to an aromatic ring is 1. The number of anilines is 2. The third kappa shape index (κ3) is 3.20. The Morgan fingerprint density at radius 3 is 2.79 bits per heavy atom. The molecule has 4 nitrogen and oxygen atoms in total. The van der Waals surface area contributed by atoms with Gasteiger partial charge >= 0.3 is 0 Å². The van der Waals surface area contributed by atoms with Crippen LogP contribution in [0.2, 0.25) is 0 Å². The summed E-state index contributed by atoms with van der Waals surface area (Å²) < 4.78 is 0. The molecule has 0 aliphatic carbocycles. The molecule has 0 radical (unpaired) electrons. The van der Waals surface area contributed by atoms with Crippen LogP contribution in [0.15, 0.2) is 12.3 Å². The highest BCUT2D eigenvalue weighted by Crippen LogP contribution is 2.17. The molecule has 0 bridgehead atoms. The van der Waals surface area contributed by atoms with Gasteiger partial charge in [-0.1, -0.05) is 13.3 Å². The standard InChI is InChI=1S/C10H18N4/c1-4-6-10(2,3)14-8-5-7-12-9(11)13-8/h5,7H,4,6H2,1-3H3,(H3,11,12,13,14). The van der Waals surface area contributed by atoms with Crippen molar-refractivity contribution in [2.24, 2.45) is 0 Å². The second kappa shape index (κ2) is 4.26. The Hall–Kier alpha value is -1.32. The van der Waals surface area contributed by atoms with E-state index in [2.05, 4.69) is 36.1 Å². The molecule has 0 spiro atoms. The van der Waals surface area contributed by atoms with E-state index in [1.54, 1.807) is 6.20 Å². The highest BCUT2D eigenvalue weighted by Gasteiger charge is 2.16. The Kier molecular flexibility index (Phi) is 3.28. The highest BCUT2D eigenvalue weighted by atomic mass is 15.1. The topological polar surface area (TPSA) is 63.8 Å². The smallest absolute Gasteiger partial charge is 0.221 e. The van der Waals surface area contributed by atoms with Crippen molar-refractivity contribution in [2.45, 2.75) is 39.2 Å². The van der Waals surface area contributed by atoms with Gasteiger partial charge in [-0.05, 0) is 26.3 Å². The summed E-state index contributed by atoms with van der Waals surface area (Å²) in [6.07, 6.45) is 3.89. The van der Waals surface area contributed by atoms with Gasteiger partial charge in [-0.2, -0.15) is 4.98 Å². The first-order valence-corrected chi connectivity index (χ1v) is 4.90. The predicted molar refractivity (Wildman–Crippen MR) is 59.1 cm³/mol. The third-order valence-electron chi connectivity index (χ3n) is 2.02. The summed E-state index contributed by atoms with van der Waals surface area (Å²) in [5, 5.41) is 3.33. The van der Waals surface area contributed by atoms with Crippen LogP contribution < -0.4 is 11.1 Å². The molecular formula is C10H18N4. The number of nitrogens with zero attached hydrogens (tertiary/aromatic N) is 2. The second-order valence-corrected chi connectivity index (χ2v) is 4.06. The van der Waals surface area contributed by atoms with Gasteiger partial charge in [-0.3, -0.25) is 0 Å². The fourth-order valence-corrected chi connectivity index (χ4v) is 1.48. The minimum absolute atomic E-state index is 0.0511. The van der Waals surface area contributed by atoms with Gasteiger partial charge in [0.1, 0.15) is 5.82 Å². The van der Waals surface area contributed by atoms with Gasteiger partial charge in [0.2, 0.25) is 5.95 Å². The SMILES string of the molecule is CCCC(C)(C)Nc1ccnc(N)n1. The van der Waals surface area contributed by atoms with Crippen LogP contribution in [0.4, 0.5) is 11.8 Å². The molecule has 0 atom stereocenters. The first-order chi connectivity index (χ1) is 6.53. The first kappa shape index (κ1) is 10.8. The average molecular weight is 194 g/mol. The Balaban J connectivity index is 2.68. The van der Waals surface area contributed by atoms with Crippen LogP contribution in [0, 0.1) is 0 Å². The quantitative estimate of drug-likeness (QED) is 0.770. The maximum atomic E-state index is 5.49. The van der Waals surface area contributed by atoms with Crippen molar-refractivity contribution in [1.29, 1.82) is 0 Å². The van der Waals surface area contributed by atoms with Gasteiger partial charge < -0.3 is 11.1 Å². The van der Waals surface area contributed by atoms with Crippen molar-refractivity contribution in [3.63, 3.8) is 0 Å². The molecule has 1 heterocycles. The number of nitrogens with two attached hydrogens (primary N) is 1. The van der Waals surface area contributed by atoms with Gasteiger partial charge in [-0.25, -0.2) is 4.98 Å². The third-order valence-corrected chi connectivity index (χ3v) is 2.02. The van der Waals surface area contributed by atoms with E-state index < -0.39 is 0 Å². The molecule has 0 aliphatic rings. The lowest BCUT2D eigenvalue weighted by Gasteiger charge is -2.26. The summed E-state index contributed by atoms with van der Waals surface area (Å²) in [7, 11) is 0. The second-order valence-electron chi connectivity index (χ2n) is 4.06. The first-order valence-electron chi connectivity index (χ1n) is 4.90. The number of aromatic nitrogens is 2. The van der Waals surface area contributed by atoms with E-state index in [1.165, 1.54) is 0 Å². The fraction of sp³-hybridized carbons (Fsp3) is 0.600. The van der Waals surface area contributed by atoms with Crippen molar-refractivity contribution >= 4 is 11.8 Å². The Morgan fingerprint density at radius 2 is 2.21 bits per heavy atom. The van der Waals surface area contributed by atoms with E-state index in [9.17, 15) is 0 Å². The maximum absolute atomic E-state index is 5.49. The molecule has 1 aromatic rings. The molecule has 14 heavy (non-hydrogen) atoms. The summed E-state index contributed by atoms with van der Waals surface area (Å²) >= 11 is 0. The van der Waals surface area contributed by atoms with Crippen LogP contribution in [0.3, 0.4) is 0 Å². The minimum atomic E-state index is 0.0511. The highest BCUT2D eigenvalue weighted by molar-refractivity contribution is 5.39. The maximum Gasteiger partial charge on any atom is 0.221 e. The number of hydrogen-bond donors (Lipinski definition) is 2. The minimum Gasteiger partial charge on any atom is -0.368 e. The normalized spacial score (nSPS) is 11.4. The van der Waals surface area contributed by atoms with E-state index >= 15 is 0 Å². The molecule has 0 amide bonds. The Morgan fingerprint density at radius 1 is 1.50 bits per heavy atom. The molecule has 4 heteroatoms. The van der Waals surface area contributed by atoms with Crippen molar-refractivity contribution in [2.75, 3.05) is 11.1 Å². The number of hydrogen-bond acceptors (Lipinski definition) is 4. The summed E-state index contributed by atoms with van der Waals surface area (Å²) in [5.74, 6) is 1.10. The van der Waals surface area contributed by atoms with Gasteiger partial charge in [0.05, 0.1) is 0 Å². The molecule has 0 aliphatic heterocycles. The van der Waals surface area contributed by atoms with E-state index in [0.29, 0.717) is 5.95 Å². The molecule has 3 N–H and O–H groups in total. The van der Waals surface area contributed by atoms with Crippen molar-refractivity contribution < 1.29 is 0 Å². The van der Waals surface area contributed by atoms with E-state index in [1.807, 2.05) is 6.07 Å². The van der Waals surface area contributed by atoms with Crippen molar-refractivity contribution in [3.8, 4) is 0 Å². The molecule has 1 rings (SSSR count). The zero-order valence-electron chi connectivity index (χ0n) is 9.04. The van der Waals surface area contributed by atoms with Crippen LogP contribution in [0.25, 0.3) is 0 Å². The number of nitrogens with one attached hydrogen (secondary N) is 1. The zero-order chi connectivity index (χ0) is 10.6. The molecule has 0 unspecified atom stereocenters. The van der Waals surface area contributed by atoms with Gasteiger partial charge in [-0.15, -0.1) is 0 Å². The lowest BCUT2D eigenvalue weighted by molar-refractivity contribution is 0.509. The van der Waals surface area contributed by atoms with E-state index in [-0.39, 0.29) is 5.54 Å². The van der Waals surface area contributed by atoms with Crippen LogP contribution in [-0.4, -0.2) is 15.5 Å². The number of rotatable bonds is 4. The lowest BCUT2D eigenvalue weighted by Crippen LogP contribution is -2.31.